The van der Waals surface area contributed by atoms with Gasteiger partial charge in [0.2, 0.25) is 5.91 Å². The number of nitrogens with zero attached hydrogens (tertiary/aromatic N) is 3. The molecule has 164 valence electrons. The average Bonchev–Trinajstić information content (AvgIpc) is 3.51. The van der Waals surface area contributed by atoms with E-state index in [0.717, 1.165) is 5.56 Å². The fourth-order valence-electron chi connectivity index (χ4n) is 2.97. The number of amides is 1. The molecule has 0 radical (unpaired) electrons. The summed E-state index contributed by atoms with van der Waals surface area (Å²) in [6.45, 7) is 0. The highest BCUT2D eigenvalue weighted by Gasteiger charge is 2.23. The Morgan fingerprint density at radius 1 is 1.22 bits per heavy atom. The first-order valence-corrected chi connectivity index (χ1v) is 12.0. The minimum Gasteiger partial charge on any atom is -0.465 e. The molecular weight excluding hydrogens is 516 g/mol. The van der Waals surface area contributed by atoms with E-state index in [2.05, 4.69) is 31.4 Å². The lowest BCUT2D eigenvalue weighted by Crippen LogP contribution is -2.16. The third-order valence-electron chi connectivity index (χ3n) is 4.48. The van der Waals surface area contributed by atoms with Crippen LogP contribution in [0, 0.1) is 0 Å². The van der Waals surface area contributed by atoms with Crippen molar-refractivity contribution in [3.63, 3.8) is 0 Å². The van der Waals surface area contributed by atoms with Crippen molar-refractivity contribution >= 4 is 55.9 Å². The second-order valence-corrected chi connectivity index (χ2v) is 9.12. The summed E-state index contributed by atoms with van der Waals surface area (Å²) in [6, 6.07) is 13.0. The zero-order valence-electron chi connectivity index (χ0n) is 17.0. The summed E-state index contributed by atoms with van der Waals surface area (Å²) in [5.41, 5.74) is 1.93. The van der Waals surface area contributed by atoms with Crippen molar-refractivity contribution in [2.75, 3.05) is 18.2 Å². The first-order valence-electron chi connectivity index (χ1n) is 9.31. The number of methoxy groups -OCH3 is 1. The number of hydrogen-bond donors (Lipinski definition) is 1. The van der Waals surface area contributed by atoms with Gasteiger partial charge in [-0.2, -0.15) is 0 Å². The Bertz CT molecular complexity index is 1270. The number of carbonyl (C=O) groups is 2. The summed E-state index contributed by atoms with van der Waals surface area (Å²) in [5.74, 6) is 0.435. The van der Waals surface area contributed by atoms with Gasteiger partial charge in [-0.25, -0.2) is 4.79 Å². The molecule has 0 saturated carbocycles. The van der Waals surface area contributed by atoms with Gasteiger partial charge in [0.05, 0.1) is 12.9 Å². The predicted molar refractivity (Wildman–Crippen MR) is 127 cm³/mol. The molecule has 4 aromatic rings. The van der Waals surface area contributed by atoms with Crippen molar-refractivity contribution in [2.24, 2.45) is 7.05 Å². The quantitative estimate of drug-likeness (QED) is 0.261. The van der Waals surface area contributed by atoms with Gasteiger partial charge in [-0.05, 0) is 33.6 Å². The number of halogens is 1. The Balaban J connectivity index is 1.48. The molecule has 0 bridgehead atoms. The Hall–Kier alpha value is -2.89. The highest BCUT2D eigenvalue weighted by Crippen LogP contribution is 2.36. The molecule has 0 atom stereocenters. The molecule has 32 heavy (non-hydrogen) atoms. The van der Waals surface area contributed by atoms with Gasteiger partial charge in [-0.3, -0.25) is 4.79 Å². The van der Waals surface area contributed by atoms with Crippen molar-refractivity contribution in [3.05, 3.63) is 58.1 Å². The second kappa shape index (κ2) is 9.72. The third-order valence-corrected chi connectivity index (χ3v) is 6.82. The van der Waals surface area contributed by atoms with E-state index in [4.69, 9.17) is 9.15 Å². The Morgan fingerprint density at radius 2 is 2.00 bits per heavy atom. The largest absolute Gasteiger partial charge is 0.465 e. The van der Waals surface area contributed by atoms with E-state index in [0.29, 0.717) is 37.5 Å². The number of hydrogen-bond acceptors (Lipinski definition) is 8. The Morgan fingerprint density at radius 3 is 2.69 bits per heavy atom. The summed E-state index contributed by atoms with van der Waals surface area (Å²) >= 11 is 5.78. The lowest BCUT2D eigenvalue weighted by atomic mass is 10.0. The molecule has 0 aliphatic carbocycles. The van der Waals surface area contributed by atoms with Crippen molar-refractivity contribution < 1.29 is 18.7 Å². The Labute approximate surface area is 200 Å². The van der Waals surface area contributed by atoms with Crippen LogP contribution in [-0.2, 0) is 16.6 Å². The number of anilines is 1. The number of benzene rings is 1. The van der Waals surface area contributed by atoms with E-state index in [1.54, 1.807) is 23.7 Å². The minimum atomic E-state index is -0.504. The van der Waals surface area contributed by atoms with Crippen LogP contribution in [0.15, 0.2) is 62.1 Å². The number of esters is 1. The van der Waals surface area contributed by atoms with E-state index in [1.807, 2.05) is 35.7 Å². The number of aromatic nitrogens is 3. The normalized spacial score (nSPS) is 10.8. The number of rotatable bonds is 7. The number of furan rings is 1. The maximum Gasteiger partial charge on any atom is 0.341 e. The molecule has 0 unspecified atom stereocenters. The maximum absolute atomic E-state index is 12.6. The van der Waals surface area contributed by atoms with Gasteiger partial charge in [-0.15, -0.1) is 21.5 Å². The van der Waals surface area contributed by atoms with E-state index >= 15 is 0 Å². The van der Waals surface area contributed by atoms with Crippen LogP contribution in [0.3, 0.4) is 0 Å². The average molecular weight is 533 g/mol. The molecule has 4 rings (SSSR count). The molecule has 1 N–H and O–H groups in total. The minimum absolute atomic E-state index is 0.0903. The smallest absolute Gasteiger partial charge is 0.341 e. The topological polar surface area (TPSA) is 99.2 Å². The van der Waals surface area contributed by atoms with Crippen molar-refractivity contribution in [3.8, 4) is 22.7 Å². The van der Waals surface area contributed by atoms with Gasteiger partial charge in [0, 0.05) is 18.0 Å². The van der Waals surface area contributed by atoms with Crippen LogP contribution >= 0.6 is 39.0 Å². The first kappa shape index (κ1) is 22.3. The molecule has 0 aliphatic rings. The zero-order valence-corrected chi connectivity index (χ0v) is 20.2. The number of thiophene rings is 1. The molecule has 0 saturated heterocycles. The zero-order chi connectivity index (χ0) is 22.7. The SMILES string of the molecule is COC(=O)c1c(-c2ccccc2)csc1NC(=O)CSc1nnc(-c2ccc(Br)o2)n1C. The van der Waals surface area contributed by atoms with Gasteiger partial charge in [0.15, 0.2) is 21.4 Å². The van der Waals surface area contributed by atoms with Crippen LogP contribution in [0.2, 0.25) is 0 Å². The van der Waals surface area contributed by atoms with Crippen LogP contribution in [0.5, 0.6) is 0 Å². The molecule has 3 aromatic heterocycles. The summed E-state index contributed by atoms with van der Waals surface area (Å²) < 4.78 is 12.8. The third kappa shape index (κ3) is 4.64. The molecule has 1 amide bonds. The lowest BCUT2D eigenvalue weighted by molar-refractivity contribution is -0.113. The first-order chi connectivity index (χ1) is 15.5. The monoisotopic (exact) mass is 532 g/mol. The van der Waals surface area contributed by atoms with Gasteiger partial charge < -0.3 is 19.0 Å². The molecule has 11 heteroatoms. The molecule has 0 aliphatic heterocycles. The molecular formula is C21H17BrN4O4S2. The van der Waals surface area contributed by atoms with Crippen molar-refractivity contribution in [1.29, 1.82) is 0 Å². The lowest BCUT2D eigenvalue weighted by Gasteiger charge is -2.08. The fraction of sp³-hybridized carbons (Fsp3) is 0.143. The summed E-state index contributed by atoms with van der Waals surface area (Å²) in [4.78, 5) is 25.1. The Kier molecular flexibility index (Phi) is 6.77. The van der Waals surface area contributed by atoms with Crippen LogP contribution in [-0.4, -0.2) is 39.5 Å². The number of nitrogens with one attached hydrogen (secondary N) is 1. The van der Waals surface area contributed by atoms with Gasteiger partial charge in [-0.1, -0.05) is 42.1 Å². The maximum atomic E-state index is 12.6. The van der Waals surface area contributed by atoms with Gasteiger partial charge in [0.25, 0.3) is 0 Å². The summed E-state index contributed by atoms with van der Waals surface area (Å²) in [7, 11) is 3.12. The molecule has 0 fully saturated rings. The summed E-state index contributed by atoms with van der Waals surface area (Å²) in [5, 5.41) is 13.9. The van der Waals surface area contributed by atoms with E-state index < -0.39 is 5.97 Å². The van der Waals surface area contributed by atoms with Crippen LogP contribution in [0.4, 0.5) is 5.00 Å². The molecule has 0 spiro atoms. The van der Waals surface area contributed by atoms with E-state index in [1.165, 1.54) is 30.2 Å². The predicted octanol–water partition coefficient (Wildman–Crippen LogP) is 5.08. The van der Waals surface area contributed by atoms with Gasteiger partial charge >= 0.3 is 5.97 Å². The van der Waals surface area contributed by atoms with Gasteiger partial charge in [0.1, 0.15) is 10.6 Å². The van der Waals surface area contributed by atoms with Crippen LogP contribution in [0.25, 0.3) is 22.7 Å². The van der Waals surface area contributed by atoms with Crippen molar-refractivity contribution in [2.45, 2.75) is 5.16 Å². The molecule has 8 nitrogen and oxygen atoms in total. The highest BCUT2D eigenvalue weighted by molar-refractivity contribution is 9.10. The van der Waals surface area contributed by atoms with Crippen LogP contribution in [0.1, 0.15) is 10.4 Å². The second-order valence-electron chi connectivity index (χ2n) is 6.52. The number of thioether (sulfide) groups is 1. The van der Waals surface area contributed by atoms with Crippen molar-refractivity contribution in [1.82, 2.24) is 14.8 Å². The van der Waals surface area contributed by atoms with E-state index in [9.17, 15) is 9.59 Å². The molecule has 1 aromatic carbocycles. The molecule has 3 heterocycles. The highest BCUT2D eigenvalue weighted by atomic mass is 79.9. The fourth-order valence-corrected chi connectivity index (χ4v) is 4.96. The standard InChI is InChI=1S/C21H17BrN4O4S2/c1-26-18(14-8-9-15(22)30-14)24-25-21(26)32-11-16(27)23-19-17(20(28)29-2)13(10-31-19)12-6-4-3-5-7-12/h3-10H,11H2,1-2H3,(H,23,27). The van der Waals surface area contributed by atoms with Crippen LogP contribution < -0.4 is 5.32 Å². The summed E-state index contributed by atoms with van der Waals surface area (Å²) in [6.07, 6.45) is 0. The van der Waals surface area contributed by atoms with E-state index in [-0.39, 0.29) is 11.7 Å². The number of ether oxygens (including phenoxy) is 1. The number of carbonyl (C=O) groups excluding carboxylic acids is 2.